The summed E-state index contributed by atoms with van der Waals surface area (Å²) in [5, 5.41) is 2.83. The van der Waals surface area contributed by atoms with Crippen LogP contribution in [0.4, 0.5) is 5.69 Å². The first kappa shape index (κ1) is 17.9. The van der Waals surface area contributed by atoms with E-state index in [1.54, 1.807) is 18.2 Å². The Balaban J connectivity index is 1.37. The first-order chi connectivity index (χ1) is 13.8. The minimum atomic E-state index is -0.230. The highest BCUT2D eigenvalue weighted by Crippen LogP contribution is 2.32. The molecule has 0 unspecified atom stereocenters. The van der Waals surface area contributed by atoms with Crippen molar-refractivity contribution in [2.24, 2.45) is 0 Å². The van der Waals surface area contributed by atoms with Crippen LogP contribution in [0, 0.1) is 0 Å². The Morgan fingerprint density at radius 1 is 0.893 bits per heavy atom. The average molecular weight is 375 g/mol. The second-order valence-corrected chi connectivity index (χ2v) is 6.47. The summed E-state index contributed by atoms with van der Waals surface area (Å²) in [6.45, 7) is 0.973. The molecule has 0 saturated heterocycles. The number of rotatable bonds is 6. The van der Waals surface area contributed by atoms with E-state index < -0.39 is 0 Å². The Labute approximate surface area is 163 Å². The number of anilines is 1. The molecule has 28 heavy (non-hydrogen) atoms. The minimum Gasteiger partial charge on any atom is -0.486 e. The van der Waals surface area contributed by atoms with Crippen LogP contribution in [-0.2, 0) is 11.2 Å². The summed E-state index contributed by atoms with van der Waals surface area (Å²) in [6.07, 6.45) is 0.751. The van der Waals surface area contributed by atoms with Crippen LogP contribution in [0.2, 0.25) is 0 Å². The smallest absolute Gasteiger partial charge is 0.262 e. The van der Waals surface area contributed by atoms with E-state index in [0.717, 1.165) is 12.0 Å². The lowest BCUT2D eigenvalue weighted by molar-refractivity contribution is -0.118. The van der Waals surface area contributed by atoms with Crippen LogP contribution in [0.25, 0.3) is 0 Å². The maximum atomic E-state index is 12.3. The van der Waals surface area contributed by atoms with Gasteiger partial charge in [-0.25, -0.2) is 0 Å². The van der Waals surface area contributed by atoms with Gasteiger partial charge in [0.25, 0.3) is 5.91 Å². The van der Waals surface area contributed by atoms with Crippen molar-refractivity contribution in [2.45, 2.75) is 6.42 Å². The molecule has 5 heteroatoms. The maximum absolute atomic E-state index is 12.3. The van der Waals surface area contributed by atoms with E-state index in [1.807, 2.05) is 42.5 Å². The zero-order valence-corrected chi connectivity index (χ0v) is 15.4. The Kier molecular flexibility index (Phi) is 5.43. The molecule has 0 fully saturated rings. The van der Waals surface area contributed by atoms with Gasteiger partial charge in [-0.2, -0.15) is 0 Å². The van der Waals surface area contributed by atoms with Crippen LogP contribution >= 0.6 is 0 Å². The topological polar surface area (TPSA) is 56.8 Å². The third-order valence-corrected chi connectivity index (χ3v) is 4.39. The van der Waals surface area contributed by atoms with E-state index in [0.29, 0.717) is 36.1 Å². The van der Waals surface area contributed by atoms with Crippen molar-refractivity contribution in [1.82, 2.24) is 0 Å². The van der Waals surface area contributed by atoms with Gasteiger partial charge in [-0.3, -0.25) is 4.79 Å². The van der Waals surface area contributed by atoms with Gasteiger partial charge < -0.3 is 19.5 Å². The highest BCUT2D eigenvalue weighted by Gasteiger charge is 2.13. The van der Waals surface area contributed by atoms with E-state index in [2.05, 4.69) is 17.4 Å². The summed E-state index contributed by atoms with van der Waals surface area (Å²) < 4.78 is 16.8. The first-order valence-corrected chi connectivity index (χ1v) is 9.22. The summed E-state index contributed by atoms with van der Waals surface area (Å²) in [7, 11) is 0. The number of carbonyl (C=O) groups excluding carboxylic acids is 1. The number of benzene rings is 3. The SMILES string of the molecule is O=C(COc1ccccc1Cc1ccccc1)Nc1ccc2c(c1)OCCO2. The standard InChI is InChI=1S/C23H21NO4/c25-23(24-19-10-11-21-22(15-19)27-13-12-26-21)16-28-20-9-5-4-8-18(20)14-17-6-2-1-3-7-17/h1-11,15H,12-14,16H2,(H,24,25). The fraction of sp³-hybridized carbons (Fsp3) is 0.174. The van der Waals surface area contributed by atoms with Gasteiger partial charge in [0.1, 0.15) is 19.0 Å². The normalized spacial score (nSPS) is 12.3. The molecule has 0 radical (unpaired) electrons. The summed E-state index contributed by atoms with van der Waals surface area (Å²) in [5.74, 6) is 1.81. The van der Waals surface area contributed by atoms with E-state index in [9.17, 15) is 4.79 Å². The fourth-order valence-corrected chi connectivity index (χ4v) is 3.07. The number of hydrogen-bond donors (Lipinski definition) is 1. The second-order valence-electron chi connectivity index (χ2n) is 6.47. The van der Waals surface area contributed by atoms with Crippen LogP contribution < -0.4 is 19.5 Å². The van der Waals surface area contributed by atoms with Gasteiger partial charge in [-0.15, -0.1) is 0 Å². The molecule has 1 aliphatic rings. The predicted molar refractivity (Wildman–Crippen MR) is 107 cm³/mol. The van der Waals surface area contributed by atoms with Gasteiger partial charge in [0.15, 0.2) is 18.1 Å². The van der Waals surface area contributed by atoms with Gasteiger partial charge in [-0.05, 0) is 29.3 Å². The molecule has 1 N–H and O–H groups in total. The Hall–Kier alpha value is -3.47. The van der Waals surface area contributed by atoms with Crippen LogP contribution in [-0.4, -0.2) is 25.7 Å². The van der Waals surface area contributed by atoms with Crippen molar-refractivity contribution in [2.75, 3.05) is 25.1 Å². The third-order valence-electron chi connectivity index (χ3n) is 4.39. The number of fused-ring (bicyclic) bond motifs is 1. The molecule has 1 aliphatic heterocycles. The number of nitrogens with one attached hydrogen (secondary N) is 1. The average Bonchev–Trinajstić information content (AvgIpc) is 2.74. The maximum Gasteiger partial charge on any atom is 0.262 e. The molecule has 0 spiro atoms. The molecule has 3 aromatic rings. The largest absolute Gasteiger partial charge is 0.486 e. The molecule has 4 rings (SSSR count). The van der Waals surface area contributed by atoms with Crippen molar-refractivity contribution in [3.63, 3.8) is 0 Å². The van der Waals surface area contributed by atoms with Crippen molar-refractivity contribution in [3.05, 3.63) is 83.9 Å². The molecule has 3 aromatic carbocycles. The molecule has 1 amide bonds. The molecule has 5 nitrogen and oxygen atoms in total. The highest BCUT2D eigenvalue weighted by atomic mass is 16.6. The summed E-state index contributed by atoms with van der Waals surface area (Å²) in [4.78, 5) is 12.3. The molecule has 0 bridgehead atoms. The minimum absolute atomic E-state index is 0.0692. The van der Waals surface area contributed by atoms with Crippen molar-refractivity contribution < 1.29 is 19.0 Å². The third kappa shape index (κ3) is 4.43. The number of amides is 1. The summed E-state index contributed by atoms with van der Waals surface area (Å²) in [6, 6.07) is 23.3. The van der Waals surface area contributed by atoms with Crippen molar-refractivity contribution >= 4 is 11.6 Å². The van der Waals surface area contributed by atoms with Gasteiger partial charge >= 0.3 is 0 Å². The van der Waals surface area contributed by atoms with E-state index in [4.69, 9.17) is 14.2 Å². The summed E-state index contributed by atoms with van der Waals surface area (Å²) in [5.41, 5.74) is 2.88. The van der Waals surface area contributed by atoms with Gasteiger partial charge in [-0.1, -0.05) is 48.5 Å². The molecule has 142 valence electrons. The molecule has 0 atom stereocenters. The van der Waals surface area contributed by atoms with Gasteiger partial charge in [0.2, 0.25) is 0 Å². The Morgan fingerprint density at radius 2 is 1.64 bits per heavy atom. The molecule has 1 heterocycles. The van der Waals surface area contributed by atoms with Crippen LogP contribution in [0.15, 0.2) is 72.8 Å². The molecule has 0 saturated carbocycles. The van der Waals surface area contributed by atoms with Crippen molar-refractivity contribution in [1.29, 1.82) is 0 Å². The lowest BCUT2D eigenvalue weighted by Crippen LogP contribution is -2.21. The van der Waals surface area contributed by atoms with Crippen molar-refractivity contribution in [3.8, 4) is 17.2 Å². The number of para-hydroxylation sites is 1. The van der Waals surface area contributed by atoms with E-state index in [-0.39, 0.29) is 12.5 Å². The zero-order valence-electron chi connectivity index (χ0n) is 15.4. The predicted octanol–water partition coefficient (Wildman–Crippen LogP) is 4.07. The van der Waals surface area contributed by atoms with Crippen LogP contribution in [0.5, 0.6) is 17.2 Å². The lowest BCUT2D eigenvalue weighted by atomic mass is 10.0. The van der Waals surface area contributed by atoms with E-state index in [1.165, 1.54) is 5.56 Å². The van der Waals surface area contributed by atoms with Crippen LogP contribution in [0.3, 0.4) is 0 Å². The zero-order chi connectivity index (χ0) is 19.2. The first-order valence-electron chi connectivity index (χ1n) is 9.22. The molecule has 0 aromatic heterocycles. The molecular formula is C23H21NO4. The van der Waals surface area contributed by atoms with Crippen LogP contribution in [0.1, 0.15) is 11.1 Å². The molecular weight excluding hydrogens is 354 g/mol. The number of hydrogen-bond acceptors (Lipinski definition) is 4. The number of ether oxygens (including phenoxy) is 3. The molecule has 0 aliphatic carbocycles. The Bertz CT molecular complexity index is 956. The van der Waals surface area contributed by atoms with Gasteiger partial charge in [0.05, 0.1) is 0 Å². The highest BCUT2D eigenvalue weighted by molar-refractivity contribution is 5.92. The monoisotopic (exact) mass is 375 g/mol. The van der Waals surface area contributed by atoms with E-state index >= 15 is 0 Å². The fourth-order valence-electron chi connectivity index (χ4n) is 3.07. The lowest BCUT2D eigenvalue weighted by Gasteiger charge is -2.19. The second kappa shape index (κ2) is 8.48. The number of carbonyl (C=O) groups is 1. The Morgan fingerprint density at radius 3 is 2.50 bits per heavy atom. The quantitative estimate of drug-likeness (QED) is 0.706. The van der Waals surface area contributed by atoms with Gasteiger partial charge in [0, 0.05) is 18.2 Å². The summed E-state index contributed by atoms with van der Waals surface area (Å²) >= 11 is 0.